The van der Waals surface area contributed by atoms with Crippen LogP contribution in [0.4, 0.5) is 4.39 Å². The van der Waals surface area contributed by atoms with Gasteiger partial charge in [0.2, 0.25) is 0 Å². The van der Waals surface area contributed by atoms with Gasteiger partial charge in [-0.1, -0.05) is 38.1 Å². The average Bonchev–Trinajstić information content (AvgIpc) is 2.49. The van der Waals surface area contributed by atoms with Crippen LogP contribution in [0.1, 0.15) is 36.7 Å². The SMILES string of the molecule is CCNC(Cc1ccccc1F)c1ncccc1CC. The van der Waals surface area contributed by atoms with E-state index in [1.54, 1.807) is 12.3 Å². The molecule has 3 heteroatoms. The number of halogens is 1. The van der Waals surface area contributed by atoms with Crippen molar-refractivity contribution in [1.82, 2.24) is 10.3 Å². The van der Waals surface area contributed by atoms with Crippen molar-refractivity contribution in [3.63, 3.8) is 0 Å². The Hall–Kier alpha value is -1.74. The highest BCUT2D eigenvalue weighted by atomic mass is 19.1. The normalized spacial score (nSPS) is 12.3. The number of rotatable bonds is 6. The molecule has 0 saturated heterocycles. The summed E-state index contributed by atoms with van der Waals surface area (Å²) in [4.78, 5) is 4.51. The van der Waals surface area contributed by atoms with Crippen LogP contribution in [0.3, 0.4) is 0 Å². The first-order valence-corrected chi connectivity index (χ1v) is 7.16. The minimum atomic E-state index is -0.149. The lowest BCUT2D eigenvalue weighted by atomic mass is 9.98. The fraction of sp³-hybridized carbons (Fsp3) is 0.353. The summed E-state index contributed by atoms with van der Waals surface area (Å²) in [6, 6.07) is 11.0. The number of nitrogens with zero attached hydrogens (tertiary/aromatic N) is 1. The van der Waals surface area contributed by atoms with Crippen molar-refractivity contribution in [1.29, 1.82) is 0 Å². The van der Waals surface area contributed by atoms with Gasteiger partial charge in [-0.15, -0.1) is 0 Å². The fourth-order valence-corrected chi connectivity index (χ4v) is 2.46. The smallest absolute Gasteiger partial charge is 0.126 e. The van der Waals surface area contributed by atoms with Crippen LogP contribution in [-0.4, -0.2) is 11.5 Å². The maximum absolute atomic E-state index is 13.8. The van der Waals surface area contributed by atoms with Gasteiger partial charge >= 0.3 is 0 Å². The Morgan fingerprint density at radius 1 is 1.10 bits per heavy atom. The maximum atomic E-state index is 13.8. The predicted molar refractivity (Wildman–Crippen MR) is 80.1 cm³/mol. The van der Waals surface area contributed by atoms with Crippen LogP contribution >= 0.6 is 0 Å². The number of pyridine rings is 1. The van der Waals surface area contributed by atoms with E-state index >= 15 is 0 Å². The summed E-state index contributed by atoms with van der Waals surface area (Å²) >= 11 is 0. The lowest BCUT2D eigenvalue weighted by molar-refractivity contribution is 0.514. The van der Waals surface area contributed by atoms with Crippen molar-refractivity contribution in [2.45, 2.75) is 32.7 Å². The molecule has 1 aromatic heterocycles. The van der Waals surface area contributed by atoms with Crippen molar-refractivity contribution >= 4 is 0 Å². The number of nitrogens with one attached hydrogen (secondary N) is 1. The second-order valence-electron chi connectivity index (χ2n) is 4.81. The van der Waals surface area contributed by atoms with E-state index in [2.05, 4.69) is 30.2 Å². The molecule has 1 heterocycles. The summed E-state index contributed by atoms with van der Waals surface area (Å²) in [7, 11) is 0. The van der Waals surface area contributed by atoms with Crippen LogP contribution in [0.15, 0.2) is 42.6 Å². The molecule has 2 nitrogen and oxygen atoms in total. The lowest BCUT2D eigenvalue weighted by Crippen LogP contribution is -2.25. The van der Waals surface area contributed by atoms with E-state index in [9.17, 15) is 4.39 Å². The molecule has 0 amide bonds. The first-order valence-electron chi connectivity index (χ1n) is 7.16. The number of hydrogen-bond acceptors (Lipinski definition) is 2. The molecule has 0 bridgehead atoms. The summed E-state index contributed by atoms with van der Waals surface area (Å²) in [5.41, 5.74) is 2.97. The number of benzene rings is 1. The van der Waals surface area contributed by atoms with Gasteiger partial charge in [0.1, 0.15) is 5.82 Å². The van der Waals surface area contributed by atoms with Crippen molar-refractivity contribution < 1.29 is 4.39 Å². The average molecular weight is 272 g/mol. The number of aromatic nitrogens is 1. The molecule has 0 spiro atoms. The highest BCUT2D eigenvalue weighted by Crippen LogP contribution is 2.21. The molecule has 2 rings (SSSR count). The molecule has 0 aliphatic heterocycles. The first-order chi connectivity index (χ1) is 9.76. The van der Waals surface area contributed by atoms with Gasteiger partial charge in [-0.25, -0.2) is 4.39 Å². The molecule has 1 atom stereocenters. The van der Waals surface area contributed by atoms with Crippen LogP contribution in [0.2, 0.25) is 0 Å². The zero-order valence-corrected chi connectivity index (χ0v) is 12.1. The Morgan fingerprint density at radius 2 is 1.85 bits per heavy atom. The van der Waals surface area contributed by atoms with Crippen LogP contribution in [0.5, 0.6) is 0 Å². The van der Waals surface area contributed by atoms with E-state index in [4.69, 9.17) is 0 Å². The van der Waals surface area contributed by atoms with Crippen molar-refractivity contribution in [2.24, 2.45) is 0 Å². The molecule has 1 N–H and O–H groups in total. The Labute approximate surface area is 120 Å². The summed E-state index contributed by atoms with van der Waals surface area (Å²) in [5.74, 6) is -0.149. The summed E-state index contributed by atoms with van der Waals surface area (Å²) in [6.07, 6.45) is 3.35. The van der Waals surface area contributed by atoms with E-state index in [0.717, 1.165) is 24.2 Å². The highest BCUT2D eigenvalue weighted by molar-refractivity contribution is 5.26. The predicted octanol–water partition coefficient (Wildman–Crippen LogP) is 3.68. The lowest BCUT2D eigenvalue weighted by Gasteiger charge is -2.20. The topological polar surface area (TPSA) is 24.9 Å². The van der Waals surface area contributed by atoms with Gasteiger partial charge < -0.3 is 5.32 Å². The quantitative estimate of drug-likeness (QED) is 0.867. The minimum Gasteiger partial charge on any atom is -0.309 e. The Morgan fingerprint density at radius 3 is 2.55 bits per heavy atom. The first kappa shape index (κ1) is 14.7. The molecule has 0 fully saturated rings. The molecule has 20 heavy (non-hydrogen) atoms. The van der Waals surface area contributed by atoms with Gasteiger partial charge in [0.05, 0.1) is 11.7 Å². The van der Waals surface area contributed by atoms with Gasteiger partial charge in [0.15, 0.2) is 0 Å². The molecule has 2 aromatic rings. The zero-order chi connectivity index (χ0) is 14.4. The summed E-state index contributed by atoms with van der Waals surface area (Å²) < 4.78 is 13.8. The maximum Gasteiger partial charge on any atom is 0.126 e. The molecule has 0 saturated carbocycles. The molecule has 0 aliphatic carbocycles. The van der Waals surface area contributed by atoms with Crippen molar-refractivity contribution in [3.8, 4) is 0 Å². The van der Waals surface area contributed by atoms with Gasteiger partial charge in [-0.05, 0) is 42.6 Å². The van der Waals surface area contributed by atoms with Crippen LogP contribution in [0.25, 0.3) is 0 Å². The molecule has 1 aromatic carbocycles. The van der Waals surface area contributed by atoms with E-state index in [1.807, 2.05) is 18.2 Å². The molecule has 0 aliphatic rings. The van der Waals surface area contributed by atoms with E-state index in [1.165, 1.54) is 11.6 Å². The van der Waals surface area contributed by atoms with Gasteiger partial charge in [-0.2, -0.15) is 0 Å². The zero-order valence-electron chi connectivity index (χ0n) is 12.1. The third kappa shape index (κ3) is 3.42. The second-order valence-corrected chi connectivity index (χ2v) is 4.81. The molecule has 0 radical (unpaired) electrons. The molecular weight excluding hydrogens is 251 g/mol. The number of hydrogen-bond donors (Lipinski definition) is 1. The highest BCUT2D eigenvalue weighted by Gasteiger charge is 2.17. The fourth-order valence-electron chi connectivity index (χ4n) is 2.46. The van der Waals surface area contributed by atoms with Crippen molar-refractivity contribution in [3.05, 3.63) is 65.2 Å². The Balaban J connectivity index is 2.29. The number of aryl methyl sites for hydroxylation is 1. The van der Waals surface area contributed by atoms with Crippen LogP contribution in [0, 0.1) is 5.82 Å². The molecular formula is C17H21FN2. The van der Waals surface area contributed by atoms with E-state index in [0.29, 0.717) is 6.42 Å². The Bertz CT molecular complexity index is 554. The third-order valence-corrected chi connectivity index (χ3v) is 3.47. The van der Waals surface area contributed by atoms with E-state index < -0.39 is 0 Å². The minimum absolute atomic E-state index is 0.0491. The largest absolute Gasteiger partial charge is 0.309 e. The van der Waals surface area contributed by atoms with Crippen molar-refractivity contribution in [2.75, 3.05) is 6.54 Å². The van der Waals surface area contributed by atoms with Gasteiger partial charge in [0.25, 0.3) is 0 Å². The number of likely N-dealkylation sites (N-methyl/N-ethyl adjacent to an activating group) is 1. The van der Waals surface area contributed by atoms with E-state index in [-0.39, 0.29) is 11.9 Å². The Kier molecular flexibility index (Phi) is 5.24. The van der Waals surface area contributed by atoms with Gasteiger partial charge in [-0.3, -0.25) is 4.98 Å². The second kappa shape index (κ2) is 7.15. The van der Waals surface area contributed by atoms with Crippen LogP contribution in [-0.2, 0) is 12.8 Å². The monoisotopic (exact) mass is 272 g/mol. The summed E-state index contributed by atoms with van der Waals surface area (Å²) in [6.45, 7) is 5.01. The molecule has 1 unspecified atom stereocenters. The third-order valence-electron chi connectivity index (χ3n) is 3.47. The van der Waals surface area contributed by atoms with Crippen LogP contribution < -0.4 is 5.32 Å². The molecule has 106 valence electrons. The standard InChI is InChI=1S/C17H21FN2/c1-3-13-9-7-11-20-17(13)16(19-4-2)12-14-8-5-6-10-15(14)18/h5-11,16,19H,3-4,12H2,1-2H3. The van der Waals surface area contributed by atoms with Gasteiger partial charge in [0, 0.05) is 6.20 Å². The summed E-state index contributed by atoms with van der Waals surface area (Å²) in [5, 5.41) is 3.42.